The number of rotatable bonds is 2. The Hall–Kier alpha value is -2.01. The first-order chi connectivity index (χ1) is 16.4. The number of hydrogen-bond donors (Lipinski definition) is 1. The van der Waals surface area contributed by atoms with Crippen LogP contribution in [-0.4, -0.2) is 52.5 Å². The number of hydrogen-bond acceptors (Lipinski definition) is 7. The molecule has 2 aromatic heterocycles. The number of anilines is 1. The summed E-state index contributed by atoms with van der Waals surface area (Å²) in [6.07, 6.45) is 1.77. The predicted molar refractivity (Wildman–Crippen MR) is 142 cm³/mol. The third-order valence-corrected chi connectivity index (χ3v) is 12.3. The third kappa shape index (κ3) is 4.68. The van der Waals surface area contributed by atoms with Crippen molar-refractivity contribution in [1.29, 1.82) is 0 Å². The second-order valence-corrected chi connectivity index (χ2v) is 17.9. The predicted octanol–water partition coefficient (Wildman–Crippen LogP) is 6.40. The maximum absolute atomic E-state index is 12.3. The van der Waals surface area contributed by atoms with Crippen molar-refractivity contribution in [2.75, 3.05) is 11.9 Å². The Bertz CT molecular complexity index is 1180. The highest BCUT2D eigenvalue weighted by molar-refractivity contribution is 6.73. The number of carbonyl (C=O) groups is 1. The van der Waals surface area contributed by atoms with Crippen molar-refractivity contribution in [3.05, 3.63) is 23.6 Å². The van der Waals surface area contributed by atoms with Gasteiger partial charge in [-0.05, 0) is 32.8 Å². The van der Waals surface area contributed by atoms with Crippen molar-refractivity contribution >= 4 is 43.4 Å². The molecule has 0 unspecified atom stereocenters. The molecule has 3 heterocycles. The van der Waals surface area contributed by atoms with Crippen LogP contribution in [0.3, 0.4) is 0 Å². The molecule has 1 saturated carbocycles. The molecule has 3 atom stereocenters. The van der Waals surface area contributed by atoms with E-state index < -0.39 is 20.3 Å². The molecule has 198 valence electrons. The van der Waals surface area contributed by atoms with Gasteiger partial charge in [0.15, 0.2) is 10.8 Å². The van der Waals surface area contributed by atoms with Gasteiger partial charge in [0.25, 0.3) is 0 Å². The molecule has 36 heavy (non-hydrogen) atoms. The summed E-state index contributed by atoms with van der Waals surface area (Å²) < 4.78 is 20.9. The highest BCUT2D eigenvalue weighted by Crippen LogP contribution is 2.57. The zero-order valence-corrected chi connectivity index (χ0v) is 24.5. The second-order valence-electron chi connectivity index (χ2n) is 12.8. The number of nitrogens with zero attached hydrogens (tertiary/aromatic N) is 4. The van der Waals surface area contributed by atoms with E-state index in [2.05, 4.69) is 68.4 Å². The van der Waals surface area contributed by atoms with E-state index in [0.717, 1.165) is 12.0 Å². The Morgan fingerprint density at radius 1 is 1.17 bits per heavy atom. The first-order valence-corrected chi connectivity index (χ1v) is 14.5. The molecule has 2 aliphatic rings. The molecule has 9 nitrogen and oxygen atoms in total. The van der Waals surface area contributed by atoms with Gasteiger partial charge in [0.05, 0.1) is 18.5 Å². The van der Waals surface area contributed by atoms with Gasteiger partial charge in [-0.2, -0.15) is 9.97 Å². The fourth-order valence-corrected chi connectivity index (χ4v) is 10.8. The lowest BCUT2D eigenvalue weighted by molar-refractivity contribution is -0.00211. The lowest BCUT2D eigenvalue weighted by Gasteiger charge is -2.53. The number of halogens is 1. The smallest absolute Gasteiger partial charge is 0.414 e. The molecule has 2 aromatic rings. The largest absolute Gasteiger partial charge is 0.444 e. The summed E-state index contributed by atoms with van der Waals surface area (Å²) in [6.45, 7) is 23.7. The van der Waals surface area contributed by atoms with Gasteiger partial charge in [0, 0.05) is 22.6 Å². The van der Waals surface area contributed by atoms with Crippen molar-refractivity contribution < 1.29 is 18.4 Å². The van der Waals surface area contributed by atoms with Crippen LogP contribution in [0.15, 0.2) is 18.5 Å². The van der Waals surface area contributed by atoms with E-state index in [4.69, 9.17) is 25.2 Å². The van der Waals surface area contributed by atoms with Crippen molar-refractivity contribution in [3.63, 3.8) is 0 Å². The quantitative estimate of drug-likeness (QED) is 0.269. The van der Waals surface area contributed by atoms with E-state index in [9.17, 15) is 4.79 Å². The van der Waals surface area contributed by atoms with Crippen LogP contribution in [0, 0.1) is 5.92 Å². The first kappa shape index (κ1) is 27.0. The zero-order chi connectivity index (χ0) is 26.8. The van der Waals surface area contributed by atoms with E-state index in [1.165, 1.54) is 0 Å². The molecule has 1 N–H and O–H groups in total. The van der Waals surface area contributed by atoms with Crippen LogP contribution in [0.1, 0.15) is 74.8 Å². The average Bonchev–Trinajstić information content (AvgIpc) is 3.25. The fourth-order valence-electron chi connectivity index (χ4n) is 5.59. The molecule has 0 aromatic carbocycles. The van der Waals surface area contributed by atoms with E-state index in [0.29, 0.717) is 17.8 Å². The van der Waals surface area contributed by atoms with Crippen molar-refractivity contribution in [2.45, 2.75) is 96.6 Å². The molecule has 4 rings (SSSR count). The van der Waals surface area contributed by atoms with Crippen molar-refractivity contribution in [2.24, 2.45) is 5.92 Å². The van der Waals surface area contributed by atoms with Gasteiger partial charge in [0.2, 0.25) is 5.95 Å². The number of carbonyl (C=O) groups excluding carboxylic acids is 1. The lowest BCUT2D eigenvalue weighted by Crippen LogP contribution is -2.62. The highest BCUT2D eigenvalue weighted by atomic mass is 35.5. The maximum atomic E-state index is 12.3. The van der Waals surface area contributed by atoms with Gasteiger partial charge in [-0.15, -0.1) is 0 Å². The number of fused-ring (bicyclic) bond motifs is 2. The summed E-state index contributed by atoms with van der Waals surface area (Å²) in [6, 6.07) is -0.0984. The van der Waals surface area contributed by atoms with Crippen LogP contribution in [0.4, 0.5) is 10.7 Å². The molecular weight excluding hydrogens is 498 g/mol. The molecule has 1 aliphatic heterocycles. The second kappa shape index (κ2) is 8.78. The topological polar surface area (TPSA) is 100 Å². The standard InChI is InChI=1S/C25H38ClN5O4Si/c1-14-15-12-33-36(24(5,6)7,25(8,9)10)35-17(15)11-16(14)31-13-27-18-19(26)28-21(29-20(18)31)30-22(32)34-23(2,3)4/h13,15-17H,1,11-12H2,2-10H3,(H,28,29,30,32)/t15-,16-,17-/m0/s1. The van der Waals surface area contributed by atoms with Crippen molar-refractivity contribution in [1.82, 2.24) is 19.5 Å². The zero-order valence-electron chi connectivity index (χ0n) is 22.7. The Balaban J connectivity index is 1.65. The number of nitrogens with one attached hydrogen (secondary N) is 1. The lowest BCUT2D eigenvalue weighted by atomic mass is 10.0. The Morgan fingerprint density at radius 2 is 1.81 bits per heavy atom. The normalized spacial score (nSPS) is 24.6. The van der Waals surface area contributed by atoms with Crippen LogP contribution in [0.2, 0.25) is 15.2 Å². The number of aromatic nitrogens is 4. The van der Waals surface area contributed by atoms with Gasteiger partial charge in [0.1, 0.15) is 11.1 Å². The molecule has 1 saturated heterocycles. The minimum absolute atomic E-state index is 0.00418. The van der Waals surface area contributed by atoms with Crippen LogP contribution in [-0.2, 0) is 13.6 Å². The van der Waals surface area contributed by atoms with E-state index in [1.54, 1.807) is 27.1 Å². The van der Waals surface area contributed by atoms with E-state index in [-0.39, 0.29) is 39.2 Å². The SMILES string of the molecule is C=C1[C@@H]2CO[Si](C(C)(C)C)(C(C)(C)C)O[C@H]2C[C@@H]1n1cnc2c(Cl)nc(NC(=O)OC(C)(C)C)nc21. The molecule has 2 fully saturated rings. The van der Waals surface area contributed by atoms with Gasteiger partial charge in [-0.1, -0.05) is 59.7 Å². The molecule has 0 spiro atoms. The Morgan fingerprint density at radius 3 is 2.39 bits per heavy atom. The summed E-state index contributed by atoms with van der Waals surface area (Å²) in [5.74, 6) is 0.130. The highest BCUT2D eigenvalue weighted by Gasteiger charge is 2.63. The number of ether oxygens (including phenoxy) is 1. The number of imidazole rings is 1. The number of amides is 1. The van der Waals surface area contributed by atoms with Gasteiger partial charge in [-0.25, -0.2) is 9.78 Å². The van der Waals surface area contributed by atoms with Gasteiger partial charge < -0.3 is 18.2 Å². The molecule has 11 heteroatoms. The van der Waals surface area contributed by atoms with Crippen LogP contribution < -0.4 is 5.32 Å². The Labute approximate surface area is 219 Å². The minimum Gasteiger partial charge on any atom is -0.444 e. The molecular formula is C25H38ClN5O4Si. The first-order valence-electron chi connectivity index (χ1n) is 12.3. The van der Waals surface area contributed by atoms with Crippen LogP contribution >= 0.6 is 11.6 Å². The summed E-state index contributed by atoms with van der Waals surface area (Å²) in [4.78, 5) is 25.5. The minimum atomic E-state index is -2.60. The van der Waals surface area contributed by atoms with Crippen LogP contribution in [0.25, 0.3) is 11.2 Å². The molecule has 0 bridgehead atoms. The van der Waals surface area contributed by atoms with Gasteiger partial charge >= 0.3 is 14.7 Å². The van der Waals surface area contributed by atoms with E-state index in [1.807, 2.05) is 4.57 Å². The van der Waals surface area contributed by atoms with Crippen LogP contribution in [0.5, 0.6) is 0 Å². The Kier molecular flexibility index (Phi) is 6.60. The third-order valence-electron chi connectivity index (χ3n) is 6.89. The van der Waals surface area contributed by atoms with Crippen molar-refractivity contribution in [3.8, 4) is 0 Å². The average molecular weight is 536 g/mol. The molecule has 1 amide bonds. The summed E-state index contributed by atoms with van der Waals surface area (Å²) >= 11 is 6.41. The maximum Gasteiger partial charge on any atom is 0.414 e. The summed E-state index contributed by atoms with van der Waals surface area (Å²) in [7, 11) is -2.60. The van der Waals surface area contributed by atoms with Gasteiger partial charge in [-0.3, -0.25) is 5.32 Å². The molecule has 1 aliphatic carbocycles. The fraction of sp³-hybridized carbons (Fsp3) is 0.680. The monoisotopic (exact) mass is 535 g/mol. The summed E-state index contributed by atoms with van der Waals surface area (Å²) in [5.41, 5.74) is 1.33. The van der Waals surface area contributed by atoms with E-state index >= 15 is 0 Å². The summed E-state index contributed by atoms with van der Waals surface area (Å²) in [5, 5.41) is 2.53. The molecule has 0 radical (unpaired) electrons.